The van der Waals surface area contributed by atoms with Crippen LogP contribution in [0.5, 0.6) is 0 Å². The van der Waals surface area contributed by atoms with Crippen LogP contribution in [0.3, 0.4) is 0 Å². The Hall–Kier alpha value is -2.20. The van der Waals surface area contributed by atoms with Crippen LogP contribution in [0, 0.1) is 5.92 Å². The van der Waals surface area contributed by atoms with Gasteiger partial charge in [0, 0.05) is 24.2 Å². The zero-order valence-electron chi connectivity index (χ0n) is 14.2. The SMILES string of the molecule is CC(C)C1CC(c2ncc3nccc-3[nH]2)CC(c2ccccc2)N1. The second-order valence-electron chi connectivity index (χ2n) is 7.16. The van der Waals surface area contributed by atoms with Crippen LogP contribution in [0.2, 0.25) is 0 Å². The van der Waals surface area contributed by atoms with Gasteiger partial charge in [-0.2, -0.15) is 0 Å². The van der Waals surface area contributed by atoms with Crippen molar-refractivity contribution in [1.29, 1.82) is 0 Å². The minimum Gasteiger partial charge on any atom is -0.342 e. The summed E-state index contributed by atoms with van der Waals surface area (Å²) in [7, 11) is 0. The summed E-state index contributed by atoms with van der Waals surface area (Å²) < 4.78 is 0. The molecule has 3 atom stereocenters. The molecule has 3 heterocycles. The summed E-state index contributed by atoms with van der Waals surface area (Å²) in [5.41, 5.74) is 3.38. The highest BCUT2D eigenvalue weighted by Crippen LogP contribution is 2.37. The number of H-pyrrole nitrogens is 1. The van der Waals surface area contributed by atoms with Gasteiger partial charge in [0.25, 0.3) is 0 Å². The third-order valence-electron chi connectivity index (χ3n) is 5.19. The first-order valence-electron chi connectivity index (χ1n) is 8.81. The van der Waals surface area contributed by atoms with Gasteiger partial charge in [0.2, 0.25) is 0 Å². The molecule has 0 bridgehead atoms. The van der Waals surface area contributed by atoms with Crippen molar-refractivity contribution < 1.29 is 0 Å². The number of aromatic amines is 1. The fourth-order valence-electron chi connectivity index (χ4n) is 3.75. The molecule has 1 saturated heterocycles. The van der Waals surface area contributed by atoms with Gasteiger partial charge in [-0.1, -0.05) is 44.2 Å². The Kier molecular flexibility index (Phi) is 4.07. The van der Waals surface area contributed by atoms with Crippen molar-refractivity contribution in [2.45, 2.75) is 44.7 Å². The first-order chi connectivity index (χ1) is 11.7. The lowest BCUT2D eigenvalue weighted by Gasteiger charge is -2.38. The van der Waals surface area contributed by atoms with Crippen molar-refractivity contribution >= 4 is 0 Å². The molecule has 0 saturated carbocycles. The number of benzene rings is 1. The van der Waals surface area contributed by atoms with E-state index < -0.39 is 0 Å². The third-order valence-corrected chi connectivity index (χ3v) is 5.19. The highest BCUT2D eigenvalue weighted by atomic mass is 15.0. The van der Waals surface area contributed by atoms with Gasteiger partial charge in [-0.05, 0) is 30.4 Å². The maximum absolute atomic E-state index is 4.68. The first kappa shape index (κ1) is 15.3. The van der Waals surface area contributed by atoms with Crippen LogP contribution in [0.15, 0.2) is 48.8 Å². The summed E-state index contributed by atoms with van der Waals surface area (Å²) in [6.07, 6.45) is 5.91. The number of fused-ring (bicyclic) bond motifs is 1. The Balaban J connectivity index is 1.65. The van der Waals surface area contributed by atoms with Gasteiger partial charge in [-0.25, -0.2) is 4.98 Å². The minimum absolute atomic E-state index is 0.376. The fraction of sp³-hybridized carbons (Fsp3) is 0.400. The molecule has 4 heteroatoms. The average molecular weight is 320 g/mol. The molecule has 0 aromatic heterocycles. The molecule has 0 radical (unpaired) electrons. The molecule has 4 rings (SSSR count). The maximum Gasteiger partial charge on any atom is 0.109 e. The van der Waals surface area contributed by atoms with E-state index in [2.05, 4.69) is 64.4 Å². The number of rotatable bonds is 3. The molecule has 1 fully saturated rings. The molecule has 2 N–H and O–H groups in total. The highest BCUT2D eigenvalue weighted by Gasteiger charge is 2.32. The second kappa shape index (κ2) is 6.36. The molecule has 3 aliphatic heterocycles. The highest BCUT2D eigenvalue weighted by molar-refractivity contribution is 5.54. The first-order valence-corrected chi connectivity index (χ1v) is 8.81. The van der Waals surface area contributed by atoms with Crippen LogP contribution < -0.4 is 5.32 Å². The van der Waals surface area contributed by atoms with Gasteiger partial charge in [-0.15, -0.1) is 0 Å². The molecule has 0 amide bonds. The molecule has 4 nitrogen and oxygen atoms in total. The Morgan fingerprint density at radius 3 is 2.67 bits per heavy atom. The summed E-state index contributed by atoms with van der Waals surface area (Å²) in [5.74, 6) is 2.12. The van der Waals surface area contributed by atoms with E-state index in [1.54, 1.807) is 0 Å². The summed E-state index contributed by atoms with van der Waals surface area (Å²) in [6, 6.07) is 13.7. The summed E-state index contributed by atoms with van der Waals surface area (Å²) in [6.45, 7) is 4.59. The van der Waals surface area contributed by atoms with Crippen molar-refractivity contribution in [3.05, 3.63) is 60.2 Å². The van der Waals surface area contributed by atoms with Gasteiger partial charge >= 0.3 is 0 Å². The Morgan fingerprint density at radius 1 is 1.04 bits per heavy atom. The molecular weight excluding hydrogens is 296 g/mol. The summed E-state index contributed by atoms with van der Waals surface area (Å²) >= 11 is 0. The van der Waals surface area contributed by atoms with Crippen molar-refractivity contribution in [3.63, 3.8) is 0 Å². The normalized spacial score (nSPS) is 24.5. The lowest BCUT2D eigenvalue weighted by molar-refractivity contribution is 0.241. The van der Waals surface area contributed by atoms with E-state index >= 15 is 0 Å². The Bertz CT molecular complexity index is 764. The predicted molar refractivity (Wildman–Crippen MR) is 95.9 cm³/mol. The molecule has 0 aliphatic carbocycles. The standard InChI is InChI=1S/C20H24N4/c1-13(2)17-10-15(11-18(23-17)14-6-4-3-5-7-14)20-22-12-19-16(24-20)8-9-21-19/h3-9,12-13,15,17-18,23H,10-11H2,1-2H3,(H,22,24). The van der Waals surface area contributed by atoms with E-state index in [1.807, 2.05) is 18.5 Å². The number of hydrogen-bond acceptors (Lipinski definition) is 3. The van der Waals surface area contributed by atoms with E-state index in [-0.39, 0.29) is 0 Å². The quantitative estimate of drug-likeness (QED) is 0.762. The van der Waals surface area contributed by atoms with Crippen molar-refractivity contribution in [3.8, 4) is 11.4 Å². The monoisotopic (exact) mass is 320 g/mol. The zero-order valence-corrected chi connectivity index (χ0v) is 14.2. The largest absolute Gasteiger partial charge is 0.342 e. The Morgan fingerprint density at radius 2 is 1.88 bits per heavy atom. The van der Waals surface area contributed by atoms with Crippen LogP contribution in [0.25, 0.3) is 11.4 Å². The van der Waals surface area contributed by atoms with Gasteiger partial charge in [0.15, 0.2) is 0 Å². The van der Waals surface area contributed by atoms with E-state index in [1.165, 1.54) is 5.56 Å². The zero-order chi connectivity index (χ0) is 16.5. The van der Waals surface area contributed by atoms with Gasteiger partial charge in [0.05, 0.1) is 11.9 Å². The topological polar surface area (TPSA) is 53.6 Å². The molecule has 0 spiro atoms. The Labute approximate surface area is 143 Å². The molecule has 1 aromatic rings. The lowest BCUT2D eigenvalue weighted by Crippen LogP contribution is -2.43. The van der Waals surface area contributed by atoms with Crippen LogP contribution in [0.4, 0.5) is 0 Å². The van der Waals surface area contributed by atoms with Gasteiger partial charge in [0.1, 0.15) is 11.5 Å². The van der Waals surface area contributed by atoms with Gasteiger partial charge < -0.3 is 10.3 Å². The maximum atomic E-state index is 4.68. The van der Waals surface area contributed by atoms with Crippen molar-refractivity contribution in [1.82, 2.24) is 20.3 Å². The third kappa shape index (κ3) is 2.94. The number of nitrogens with zero attached hydrogens (tertiary/aromatic N) is 2. The van der Waals surface area contributed by atoms with Gasteiger partial charge in [-0.3, -0.25) is 4.98 Å². The molecule has 124 valence electrons. The van der Waals surface area contributed by atoms with E-state index in [0.29, 0.717) is 23.9 Å². The number of aromatic nitrogens is 3. The van der Waals surface area contributed by atoms with Crippen LogP contribution in [0.1, 0.15) is 50.0 Å². The molecule has 24 heavy (non-hydrogen) atoms. The molecule has 3 unspecified atom stereocenters. The summed E-state index contributed by atoms with van der Waals surface area (Å²) in [5, 5.41) is 3.85. The lowest BCUT2D eigenvalue weighted by atomic mass is 9.81. The molecule has 1 aromatic carbocycles. The molecular formula is C20H24N4. The fourth-order valence-corrected chi connectivity index (χ4v) is 3.75. The number of hydrogen-bond donors (Lipinski definition) is 2. The van der Waals surface area contributed by atoms with E-state index in [4.69, 9.17) is 0 Å². The van der Waals surface area contributed by atoms with Crippen molar-refractivity contribution in [2.75, 3.05) is 0 Å². The molecule has 3 aliphatic rings. The summed E-state index contributed by atoms with van der Waals surface area (Å²) in [4.78, 5) is 12.5. The average Bonchev–Trinajstić information content (AvgIpc) is 3.09. The van der Waals surface area contributed by atoms with Crippen molar-refractivity contribution in [2.24, 2.45) is 5.92 Å². The van der Waals surface area contributed by atoms with Crippen LogP contribution in [-0.2, 0) is 0 Å². The number of nitrogens with one attached hydrogen (secondary N) is 2. The second-order valence-corrected chi connectivity index (χ2v) is 7.16. The van der Waals surface area contributed by atoms with E-state index in [0.717, 1.165) is 30.1 Å². The van der Waals surface area contributed by atoms with Crippen LogP contribution >= 0.6 is 0 Å². The number of piperidine rings is 1. The minimum atomic E-state index is 0.376. The van der Waals surface area contributed by atoms with Crippen LogP contribution in [-0.4, -0.2) is 21.0 Å². The van der Waals surface area contributed by atoms with E-state index in [9.17, 15) is 0 Å². The predicted octanol–water partition coefficient (Wildman–Crippen LogP) is 4.14. The smallest absolute Gasteiger partial charge is 0.109 e.